The Morgan fingerprint density at radius 3 is 2.70 bits per heavy atom. The van der Waals surface area contributed by atoms with E-state index in [2.05, 4.69) is 0 Å². The summed E-state index contributed by atoms with van der Waals surface area (Å²) in [6.45, 7) is 0.337. The zero-order valence-corrected chi connectivity index (χ0v) is 12.2. The van der Waals surface area contributed by atoms with E-state index in [-0.39, 0.29) is 5.78 Å². The number of halogens is 2. The van der Waals surface area contributed by atoms with Crippen molar-refractivity contribution >= 4 is 29.0 Å². The zero-order valence-electron chi connectivity index (χ0n) is 10.7. The van der Waals surface area contributed by atoms with Crippen LogP contribution < -0.4 is 4.74 Å². The lowest BCUT2D eigenvalue weighted by atomic mass is 10.1. The summed E-state index contributed by atoms with van der Waals surface area (Å²) in [5, 5.41) is 1.03. The van der Waals surface area contributed by atoms with Crippen molar-refractivity contribution in [2.45, 2.75) is 19.4 Å². The van der Waals surface area contributed by atoms with Gasteiger partial charge in [0.2, 0.25) is 0 Å². The maximum absolute atomic E-state index is 11.7. The molecule has 0 aromatic heterocycles. The van der Waals surface area contributed by atoms with E-state index in [0.717, 1.165) is 28.9 Å². The molecular weight excluding hydrogens is 295 g/mol. The minimum Gasteiger partial charge on any atom is -0.489 e. The van der Waals surface area contributed by atoms with Crippen molar-refractivity contribution in [3.8, 4) is 5.75 Å². The zero-order chi connectivity index (χ0) is 14.1. The van der Waals surface area contributed by atoms with E-state index < -0.39 is 0 Å². The van der Waals surface area contributed by atoms with Crippen LogP contribution in [0.25, 0.3) is 0 Å². The van der Waals surface area contributed by atoms with E-state index in [0.29, 0.717) is 23.1 Å². The molecule has 0 N–H and O–H groups in total. The Hall–Kier alpha value is -1.51. The molecule has 1 aliphatic rings. The highest BCUT2D eigenvalue weighted by atomic mass is 35.5. The molecule has 0 spiro atoms. The van der Waals surface area contributed by atoms with Crippen LogP contribution in [0.3, 0.4) is 0 Å². The van der Waals surface area contributed by atoms with Crippen LogP contribution in [-0.4, -0.2) is 5.78 Å². The summed E-state index contributed by atoms with van der Waals surface area (Å²) >= 11 is 12.1. The topological polar surface area (TPSA) is 26.3 Å². The average molecular weight is 307 g/mol. The van der Waals surface area contributed by atoms with Gasteiger partial charge in [-0.3, -0.25) is 4.79 Å². The van der Waals surface area contributed by atoms with Crippen molar-refractivity contribution in [3.63, 3.8) is 0 Å². The predicted octanol–water partition coefficient (Wildman–Crippen LogP) is 4.70. The van der Waals surface area contributed by atoms with E-state index in [9.17, 15) is 4.79 Å². The third-order valence-electron chi connectivity index (χ3n) is 3.45. The summed E-state index contributed by atoms with van der Waals surface area (Å²) in [7, 11) is 0. The first-order valence-electron chi connectivity index (χ1n) is 6.37. The lowest BCUT2D eigenvalue weighted by Crippen LogP contribution is -2.00. The summed E-state index contributed by atoms with van der Waals surface area (Å²) in [4.78, 5) is 11.7. The number of carbonyl (C=O) groups excluding carboxylic acids is 1. The summed E-state index contributed by atoms with van der Waals surface area (Å²) < 4.78 is 5.82. The van der Waals surface area contributed by atoms with Gasteiger partial charge in [-0.1, -0.05) is 47.5 Å². The molecule has 0 saturated heterocycles. The average Bonchev–Trinajstić information content (AvgIpc) is 2.83. The minimum atomic E-state index is 0.186. The van der Waals surface area contributed by atoms with Crippen LogP contribution in [0.1, 0.15) is 27.9 Å². The number of ether oxygens (including phenoxy) is 1. The number of hydrogen-bond acceptors (Lipinski definition) is 2. The van der Waals surface area contributed by atoms with E-state index in [1.807, 2.05) is 30.3 Å². The van der Waals surface area contributed by atoms with Gasteiger partial charge in [-0.15, -0.1) is 0 Å². The monoisotopic (exact) mass is 306 g/mol. The fourth-order valence-corrected chi connectivity index (χ4v) is 2.78. The highest BCUT2D eigenvalue weighted by molar-refractivity contribution is 6.42. The van der Waals surface area contributed by atoms with Gasteiger partial charge in [-0.2, -0.15) is 0 Å². The highest BCUT2D eigenvalue weighted by Gasteiger charge is 2.22. The molecule has 1 aliphatic carbocycles. The summed E-state index contributed by atoms with van der Waals surface area (Å²) in [6.07, 6.45) is 1.31. The molecular formula is C16H12Cl2O2. The van der Waals surface area contributed by atoms with Crippen LogP contribution in [0.15, 0.2) is 36.4 Å². The first-order valence-corrected chi connectivity index (χ1v) is 7.13. The predicted molar refractivity (Wildman–Crippen MR) is 79.9 cm³/mol. The van der Waals surface area contributed by atoms with Crippen molar-refractivity contribution in [2.75, 3.05) is 0 Å². The van der Waals surface area contributed by atoms with E-state index in [4.69, 9.17) is 27.9 Å². The van der Waals surface area contributed by atoms with Crippen molar-refractivity contribution in [2.24, 2.45) is 0 Å². The van der Waals surface area contributed by atoms with Crippen LogP contribution in [0, 0.1) is 0 Å². The van der Waals surface area contributed by atoms with E-state index in [1.165, 1.54) is 0 Å². The normalized spacial score (nSPS) is 13.4. The molecule has 3 rings (SSSR count). The van der Waals surface area contributed by atoms with Crippen LogP contribution in [0.4, 0.5) is 0 Å². The number of carbonyl (C=O) groups is 1. The number of ketones is 1. The molecule has 2 aromatic rings. The number of hydrogen-bond donors (Lipinski definition) is 0. The van der Waals surface area contributed by atoms with E-state index in [1.54, 1.807) is 6.07 Å². The SMILES string of the molecule is O=C1CCc2c(OCc3cccc(Cl)c3Cl)cccc21. The first kappa shape index (κ1) is 13.5. The fourth-order valence-electron chi connectivity index (χ4n) is 2.41. The second-order valence-electron chi connectivity index (χ2n) is 4.71. The Bertz CT molecular complexity index is 680. The standard InChI is InChI=1S/C16H12Cl2O2/c17-13-5-1-3-10(16(13)18)9-20-15-6-2-4-11-12(15)7-8-14(11)19/h1-6H,7-9H2. The Balaban J connectivity index is 1.83. The molecule has 0 saturated carbocycles. The molecule has 0 fully saturated rings. The summed E-state index contributed by atoms with van der Waals surface area (Å²) in [6, 6.07) is 11.0. The number of benzene rings is 2. The molecule has 0 amide bonds. The molecule has 2 nitrogen and oxygen atoms in total. The van der Waals surface area contributed by atoms with Gasteiger partial charge in [0.25, 0.3) is 0 Å². The largest absolute Gasteiger partial charge is 0.489 e. The maximum Gasteiger partial charge on any atom is 0.163 e. The molecule has 2 aromatic carbocycles. The molecule has 0 aliphatic heterocycles. The molecule has 0 atom stereocenters. The van der Waals surface area contributed by atoms with Gasteiger partial charge in [0.15, 0.2) is 5.78 Å². The van der Waals surface area contributed by atoms with Crippen molar-refractivity contribution in [1.29, 1.82) is 0 Å². The molecule has 20 heavy (non-hydrogen) atoms. The van der Waals surface area contributed by atoms with Crippen LogP contribution in [0.5, 0.6) is 5.75 Å². The van der Waals surface area contributed by atoms with Crippen LogP contribution in [0.2, 0.25) is 10.0 Å². The smallest absolute Gasteiger partial charge is 0.163 e. The lowest BCUT2D eigenvalue weighted by Gasteiger charge is -2.11. The molecule has 0 unspecified atom stereocenters. The third kappa shape index (κ3) is 2.41. The molecule has 0 radical (unpaired) electrons. The Morgan fingerprint density at radius 1 is 1.05 bits per heavy atom. The second-order valence-corrected chi connectivity index (χ2v) is 5.49. The molecule has 0 heterocycles. The lowest BCUT2D eigenvalue weighted by molar-refractivity contribution is 0.0994. The van der Waals surface area contributed by atoms with Gasteiger partial charge < -0.3 is 4.74 Å². The van der Waals surface area contributed by atoms with Crippen molar-refractivity contribution in [1.82, 2.24) is 0 Å². The summed E-state index contributed by atoms with van der Waals surface area (Å²) in [5.41, 5.74) is 2.61. The second kappa shape index (κ2) is 5.47. The molecule has 102 valence electrons. The third-order valence-corrected chi connectivity index (χ3v) is 4.31. The van der Waals surface area contributed by atoms with Gasteiger partial charge in [0.1, 0.15) is 12.4 Å². The Labute approximate surface area is 127 Å². The van der Waals surface area contributed by atoms with Crippen molar-refractivity contribution < 1.29 is 9.53 Å². The van der Waals surface area contributed by atoms with Gasteiger partial charge in [0, 0.05) is 23.1 Å². The van der Waals surface area contributed by atoms with Crippen molar-refractivity contribution in [3.05, 3.63) is 63.1 Å². The van der Waals surface area contributed by atoms with Gasteiger partial charge in [-0.25, -0.2) is 0 Å². The minimum absolute atomic E-state index is 0.186. The fraction of sp³-hybridized carbons (Fsp3) is 0.188. The van der Waals surface area contributed by atoms with E-state index >= 15 is 0 Å². The van der Waals surface area contributed by atoms with Gasteiger partial charge >= 0.3 is 0 Å². The van der Waals surface area contributed by atoms with Gasteiger partial charge in [-0.05, 0) is 18.6 Å². The molecule has 4 heteroatoms. The number of rotatable bonds is 3. The van der Waals surface area contributed by atoms with Crippen LogP contribution >= 0.6 is 23.2 Å². The Morgan fingerprint density at radius 2 is 1.85 bits per heavy atom. The number of fused-ring (bicyclic) bond motifs is 1. The summed E-state index contributed by atoms with van der Waals surface area (Å²) in [5.74, 6) is 0.940. The quantitative estimate of drug-likeness (QED) is 0.821. The molecule has 0 bridgehead atoms. The van der Waals surface area contributed by atoms with Gasteiger partial charge in [0.05, 0.1) is 10.0 Å². The highest BCUT2D eigenvalue weighted by Crippen LogP contribution is 2.32. The van der Waals surface area contributed by atoms with Crippen LogP contribution in [-0.2, 0) is 13.0 Å². The number of Topliss-reactive ketones (excluding diaryl/α,β-unsaturated/α-hetero) is 1. The maximum atomic E-state index is 11.7. The Kier molecular flexibility index (Phi) is 3.68. The first-order chi connectivity index (χ1) is 9.66.